The number of hydrogen-bond acceptors (Lipinski definition) is 8. The Morgan fingerprint density at radius 3 is 2.33 bits per heavy atom. The van der Waals surface area contributed by atoms with Crippen molar-refractivity contribution in [3.8, 4) is 0 Å². The Bertz CT molecular complexity index is 1130. The molecule has 0 bridgehead atoms. The van der Waals surface area contributed by atoms with E-state index in [1.807, 2.05) is 0 Å². The summed E-state index contributed by atoms with van der Waals surface area (Å²) < 4.78 is 11.6. The van der Waals surface area contributed by atoms with E-state index < -0.39 is 57.7 Å². The molecule has 0 amide bonds. The number of Topliss-reactive ketones (excluding diaryl/α,β-unsaturated/α-hetero) is 2. The molecule has 7 atom stereocenters. The molecule has 5 rings (SSSR count). The van der Waals surface area contributed by atoms with Gasteiger partial charge in [0.2, 0.25) is 0 Å². The smallest absolute Gasteiger partial charge is 0.338 e. The molecule has 4 aliphatic carbocycles. The van der Waals surface area contributed by atoms with Crippen LogP contribution in [0.4, 0.5) is 0 Å². The third kappa shape index (κ3) is 4.52. The molecule has 0 unspecified atom stereocenters. The zero-order chi connectivity index (χ0) is 28.6. The maximum Gasteiger partial charge on any atom is 0.338 e. The van der Waals surface area contributed by atoms with Crippen LogP contribution in [0.5, 0.6) is 0 Å². The van der Waals surface area contributed by atoms with Gasteiger partial charge in [0, 0.05) is 18.8 Å². The van der Waals surface area contributed by atoms with Crippen LogP contribution in [0.25, 0.3) is 0 Å². The predicted octanol–water partition coefficient (Wildman–Crippen LogP) is 4.20. The molecular weight excluding hydrogens is 547 g/mol. The molecule has 2 N–H and O–H groups in total. The fraction of sp³-hybridized carbons (Fsp3) is 0.655. The molecule has 0 spiro atoms. The van der Waals surface area contributed by atoms with Gasteiger partial charge in [-0.15, -0.1) is 23.2 Å². The number of ether oxygens (including phenoxy) is 2. The Hall–Kier alpha value is -2.00. The molecule has 0 aromatic heterocycles. The average Bonchev–Trinajstić information content (AvgIpc) is 3.13. The monoisotopic (exact) mass is 582 g/mol. The summed E-state index contributed by atoms with van der Waals surface area (Å²) in [5.41, 5.74) is -5.93. The normalized spacial score (nSPS) is 38.9. The molecule has 0 radical (unpaired) electrons. The van der Waals surface area contributed by atoms with Crippen LogP contribution >= 0.6 is 23.2 Å². The molecule has 0 aliphatic heterocycles. The third-order valence-corrected chi connectivity index (χ3v) is 9.72. The van der Waals surface area contributed by atoms with E-state index in [4.69, 9.17) is 32.7 Å². The van der Waals surface area contributed by atoms with Gasteiger partial charge in [0.1, 0.15) is 23.1 Å². The van der Waals surface area contributed by atoms with Crippen molar-refractivity contribution in [2.45, 2.75) is 82.5 Å². The van der Waals surface area contributed by atoms with Gasteiger partial charge in [-0.25, -0.2) is 4.79 Å². The van der Waals surface area contributed by atoms with Crippen molar-refractivity contribution in [1.82, 2.24) is 0 Å². The lowest BCUT2D eigenvalue weighted by Crippen LogP contribution is -2.75. The van der Waals surface area contributed by atoms with Crippen molar-refractivity contribution in [1.29, 1.82) is 0 Å². The number of halogens is 2. The topological polar surface area (TPSA) is 127 Å². The highest BCUT2D eigenvalue weighted by Crippen LogP contribution is 2.68. The van der Waals surface area contributed by atoms with Crippen LogP contribution in [-0.4, -0.2) is 63.0 Å². The minimum absolute atomic E-state index is 0.0351. The van der Waals surface area contributed by atoms with E-state index in [0.29, 0.717) is 18.4 Å². The van der Waals surface area contributed by atoms with Crippen LogP contribution in [0.1, 0.15) is 75.6 Å². The Morgan fingerprint density at radius 1 is 1.05 bits per heavy atom. The summed E-state index contributed by atoms with van der Waals surface area (Å²) >= 11 is 9.53. The first-order valence-corrected chi connectivity index (χ1v) is 14.6. The Labute approximate surface area is 238 Å². The van der Waals surface area contributed by atoms with E-state index in [0.717, 1.165) is 0 Å². The van der Waals surface area contributed by atoms with Crippen LogP contribution < -0.4 is 0 Å². The lowest BCUT2D eigenvalue weighted by molar-refractivity contribution is -0.261. The van der Waals surface area contributed by atoms with E-state index >= 15 is 0 Å². The van der Waals surface area contributed by atoms with E-state index in [9.17, 15) is 29.4 Å². The molecule has 4 saturated carbocycles. The molecule has 0 heterocycles. The summed E-state index contributed by atoms with van der Waals surface area (Å²) in [5.74, 6) is -4.01. The summed E-state index contributed by atoms with van der Waals surface area (Å²) in [4.78, 5) is 53.9. The van der Waals surface area contributed by atoms with E-state index in [2.05, 4.69) is 0 Å². The second-order valence-corrected chi connectivity index (χ2v) is 12.2. The quantitative estimate of drug-likeness (QED) is 0.399. The number of alkyl halides is 2. The number of fused-ring (bicyclic) bond motifs is 5. The van der Waals surface area contributed by atoms with Gasteiger partial charge >= 0.3 is 11.9 Å². The summed E-state index contributed by atoms with van der Waals surface area (Å²) in [5, 5.41) is 24.2. The van der Waals surface area contributed by atoms with Crippen LogP contribution in [-0.2, 0) is 23.9 Å². The van der Waals surface area contributed by atoms with Crippen molar-refractivity contribution in [2.24, 2.45) is 22.7 Å². The number of carbonyl (C=O) groups is 4. The highest BCUT2D eigenvalue weighted by atomic mass is 35.5. The SMILES string of the molecule is CCOC(=O)[C@@]12CCCC[C@]1(O)CC(=O)[C@H]1[C@H]2[C@H](OC(=O)c2ccccc2)C[C@]2(C)C(=O)CC[C@]12O.ClCCl. The maximum atomic E-state index is 13.8. The molecule has 39 heavy (non-hydrogen) atoms. The van der Waals surface area contributed by atoms with Gasteiger partial charge in [0.15, 0.2) is 0 Å². The molecule has 4 fully saturated rings. The molecular formula is C29H36Cl2O8. The van der Waals surface area contributed by atoms with Gasteiger partial charge in [-0.1, -0.05) is 31.0 Å². The largest absolute Gasteiger partial charge is 0.465 e. The fourth-order valence-electron chi connectivity index (χ4n) is 7.98. The Kier molecular flexibility index (Phi) is 8.54. The van der Waals surface area contributed by atoms with E-state index in [1.54, 1.807) is 44.2 Å². The molecule has 1 aromatic rings. The third-order valence-electron chi connectivity index (χ3n) is 9.72. The van der Waals surface area contributed by atoms with Gasteiger partial charge in [0.25, 0.3) is 0 Å². The van der Waals surface area contributed by atoms with Gasteiger partial charge in [0.05, 0.1) is 40.0 Å². The first kappa shape index (κ1) is 30.0. The number of aliphatic hydroxyl groups is 2. The second-order valence-electron chi connectivity index (χ2n) is 11.4. The second kappa shape index (κ2) is 11.1. The van der Waals surface area contributed by atoms with Gasteiger partial charge in [-0.2, -0.15) is 0 Å². The number of rotatable bonds is 4. The standard InChI is InChI=1S/C28H34O8.CH2Cl2/c1-3-35-24(32)27-13-8-7-12-26(27,33)15-18(29)21-22(27)19(36-23(31)17-9-5-4-6-10-17)16-25(2)20(30)11-14-28(21,25)34;2-1-3/h4-6,9-10,19,21-22,33-34H,3,7-8,11-16H2,1-2H3;1H2/t19-,21+,22-,25-,26+,27+,28+;/m1./s1. The summed E-state index contributed by atoms with van der Waals surface area (Å²) in [7, 11) is 0. The van der Waals surface area contributed by atoms with Crippen molar-refractivity contribution in [3.63, 3.8) is 0 Å². The number of ketones is 2. The van der Waals surface area contributed by atoms with E-state index in [-0.39, 0.29) is 56.3 Å². The molecule has 8 nitrogen and oxygen atoms in total. The van der Waals surface area contributed by atoms with Crippen molar-refractivity contribution in [2.75, 3.05) is 11.9 Å². The lowest BCUT2D eigenvalue weighted by Gasteiger charge is -2.64. The number of benzene rings is 1. The summed E-state index contributed by atoms with van der Waals surface area (Å²) in [6.45, 7) is 3.39. The zero-order valence-electron chi connectivity index (χ0n) is 22.3. The molecule has 10 heteroatoms. The van der Waals surface area contributed by atoms with Crippen LogP contribution in [0.15, 0.2) is 30.3 Å². The summed E-state index contributed by atoms with van der Waals surface area (Å²) in [6, 6.07) is 8.37. The zero-order valence-corrected chi connectivity index (χ0v) is 23.8. The fourth-order valence-corrected chi connectivity index (χ4v) is 7.98. The lowest BCUT2D eigenvalue weighted by atomic mass is 9.41. The van der Waals surface area contributed by atoms with Crippen molar-refractivity contribution >= 4 is 46.7 Å². The van der Waals surface area contributed by atoms with Gasteiger partial charge in [-0.05, 0) is 51.7 Å². The Morgan fingerprint density at radius 2 is 1.69 bits per heavy atom. The highest BCUT2D eigenvalue weighted by molar-refractivity contribution is 6.40. The first-order chi connectivity index (χ1) is 18.5. The highest BCUT2D eigenvalue weighted by Gasteiger charge is 2.78. The van der Waals surface area contributed by atoms with Crippen LogP contribution in [0.2, 0.25) is 0 Å². The van der Waals surface area contributed by atoms with Gasteiger partial charge < -0.3 is 19.7 Å². The van der Waals surface area contributed by atoms with Gasteiger partial charge in [-0.3, -0.25) is 14.4 Å². The number of esters is 2. The summed E-state index contributed by atoms with van der Waals surface area (Å²) in [6.07, 6.45) is 0.528. The van der Waals surface area contributed by atoms with Crippen molar-refractivity contribution in [3.05, 3.63) is 35.9 Å². The predicted molar refractivity (Wildman–Crippen MR) is 143 cm³/mol. The van der Waals surface area contributed by atoms with Crippen LogP contribution in [0, 0.1) is 22.7 Å². The molecule has 0 saturated heterocycles. The molecule has 4 aliphatic rings. The van der Waals surface area contributed by atoms with Crippen LogP contribution in [0.3, 0.4) is 0 Å². The minimum atomic E-state index is -1.69. The minimum Gasteiger partial charge on any atom is -0.465 e. The first-order valence-electron chi connectivity index (χ1n) is 13.5. The number of carbonyl (C=O) groups excluding carboxylic acids is 4. The Balaban J connectivity index is 0.00000112. The molecule has 214 valence electrons. The number of hydrogen-bond donors (Lipinski definition) is 2. The molecule has 1 aromatic carbocycles. The maximum absolute atomic E-state index is 13.8. The van der Waals surface area contributed by atoms with E-state index in [1.165, 1.54) is 0 Å². The average molecular weight is 584 g/mol. The van der Waals surface area contributed by atoms with Crippen molar-refractivity contribution < 1.29 is 38.9 Å².